The molecule has 0 atom stereocenters. The van der Waals surface area contributed by atoms with Crippen molar-refractivity contribution in [3.05, 3.63) is 29.8 Å². The fourth-order valence-electron chi connectivity index (χ4n) is 2.22. The molecule has 2 rings (SSSR count). The number of amides is 1. The number of para-hydroxylation sites is 1. The van der Waals surface area contributed by atoms with E-state index in [1.54, 1.807) is 17.0 Å². The van der Waals surface area contributed by atoms with E-state index < -0.39 is 5.60 Å². The van der Waals surface area contributed by atoms with E-state index in [0.717, 1.165) is 0 Å². The number of ether oxygens (including phenoxy) is 1. The van der Waals surface area contributed by atoms with E-state index in [0.29, 0.717) is 31.0 Å². The van der Waals surface area contributed by atoms with Gasteiger partial charge in [-0.2, -0.15) is 0 Å². The van der Waals surface area contributed by atoms with Gasteiger partial charge in [0.15, 0.2) is 0 Å². The maximum absolute atomic E-state index is 12.4. The Bertz CT molecular complexity index is 464. The molecule has 1 aromatic rings. The highest BCUT2D eigenvalue weighted by molar-refractivity contribution is 5.97. The topological polar surface area (TPSA) is 49.8 Å². The number of carbonyl (C=O) groups excluding carboxylic acids is 1. The van der Waals surface area contributed by atoms with Gasteiger partial charge in [0.1, 0.15) is 11.4 Å². The van der Waals surface area contributed by atoms with Crippen LogP contribution in [0.3, 0.4) is 0 Å². The van der Waals surface area contributed by atoms with Gasteiger partial charge in [-0.15, -0.1) is 0 Å². The maximum atomic E-state index is 12.4. The second-order valence-corrected chi connectivity index (χ2v) is 5.35. The van der Waals surface area contributed by atoms with Crippen LogP contribution in [-0.4, -0.2) is 41.2 Å². The molecular weight excluding hydrogens is 242 g/mol. The van der Waals surface area contributed by atoms with Gasteiger partial charge in [0.05, 0.1) is 25.3 Å². The Morgan fingerprint density at radius 1 is 1.42 bits per heavy atom. The third kappa shape index (κ3) is 2.59. The summed E-state index contributed by atoms with van der Waals surface area (Å²) >= 11 is 0. The molecule has 0 radical (unpaired) electrons. The van der Waals surface area contributed by atoms with E-state index in [1.165, 1.54) is 0 Å². The van der Waals surface area contributed by atoms with Crippen LogP contribution in [0.2, 0.25) is 0 Å². The highest BCUT2D eigenvalue weighted by Gasteiger charge is 2.46. The SMILES string of the molecule is CCOc1ccccc1C(=O)N1CC(O)(C(C)C)C1. The van der Waals surface area contributed by atoms with E-state index in [2.05, 4.69) is 0 Å². The molecule has 1 aliphatic rings. The van der Waals surface area contributed by atoms with Gasteiger partial charge in [-0.05, 0) is 25.0 Å². The summed E-state index contributed by atoms with van der Waals surface area (Å²) in [5.74, 6) is 0.683. The lowest BCUT2D eigenvalue weighted by Gasteiger charge is -2.49. The molecule has 19 heavy (non-hydrogen) atoms. The van der Waals surface area contributed by atoms with Crippen LogP contribution in [0, 0.1) is 5.92 Å². The number of hydrogen-bond donors (Lipinski definition) is 1. The molecule has 0 aliphatic carbocycles. The summed E-state index contributed by atoms with van der Waals surface area (Å²) in [7, 11) is 0. The molecule has 0 aromatic heterocycles. The largest absolute Gasteiger partial charge is 0.493 e. The molecule has 1 aliphatic heterocycles. The molecule has 1 aromatic carbocycles. The van der Waals surface area contributed by atoms with Crippen LogP contribution >= 0.6 is 0 Å². The molecular formula is C15H21NO3. The molecule has 0 bridgehead atoms. The molecule has 0 spiro atoms. The minimum atomic E-state index is -0.740. The number of hydrogen-bond acceptors (Lipinski definition) is 3. The molecule has 4 nitrogen and oxygen atoms in total. The first kappa shape index (κ1) is 13.9. The number of aliphatic hydroxyl groups is 1. The fraction of sp³-hybridized carbons (Fsp3) is 0.533. The Labute approximate surface area is 114 Å². The number of rotatable bonds is 4. The molecule has 1 saturated heterocycles. The van der Waals surface area contributed by atoms with Crippen LogP contribution in [0.25, 0.3) is 0 Å². The fourth-order valence-corrected chi connectivity index (χ4v) is 2.22. The first-order chi connectivity index (χ1) is 8.98. The van der Waals surface area contributed by atoms with Crippen molar-refractivity contribution in [1.29, 1.82) is 0 Å². The van der Waals surface area contributed by atoms with E-state index in [9.17, 15) is 9.90 Å². The minimum Gasteiger partial charge on any atom is -0.493 e. The minimum absolute atomic E-state index is 0.0747. The molecule has 1 fully saturated rings. The van der Waals surface area contributed by atoms with Crippen LogP contribution < -0.4 is 4.74 Å². The predicted molar refractivity (Wildman–Crippen MR) is 73.3 cm³/mol. The van der Waals surface area contributed by atoms with Crippen LogP contribution in [0.5, 0.6) is 5.75 Å². The van der Waals surface area contributed by atoms with Crippen molar-refractivity contribution in [2.75, 3.05) is 19.7 Å². The van der Waals surface area contributed by atoms with E-state index in [-0.39, 0.29) is 11.8 Å². The monoisotopic (exact) mass is 263 g/mol. The summed E-state index contributed by atoms with van der Waals surface area (Å²) in [5.41, 5.74) is -0.175. The zero-order valence-electron chi connectivity index (χ0n) is 11.7. The van der Waals surface area contributed by atoms with Gasteiger partial charge in [0, 0.05) is 0 Å². The zero-order valence-corrected chi connectivity index (χ0v) is 11.7. The summed E-state index contributed by atoms with van der Waals surface area (Å²) in [6.07, 6.45) is 0. The number of benzene rings is 1. The predicted octanol–water partition coefficient (Wildman–Crippen LogP) is 1.93. The quantitative estimate of drug-likeness (QED) is 0.903. The summed E-state index contributed by atoms with van der Waals surface area (Å²) in [6.45, 7) is 7.14. The summed E-state index contributed by atoms with van der Waals surface area (Å²) in [4.78, 5) is 14.0. The van der Waals surface area contributed by atoms with Gasteiger partial charge in [-0.1, -0.05) is 26.0 Å². The molecule has 1 N–H and O–H groups in total. The number of carbonyl (C=O) groups is 1. The van der Waals surface area contributed by atoms with E-state index in [1.807, 2.05) is 32.9 Å². The normalized spacial score (nSPS) is 17.2. The Balaban J connectivity index is 2.10. The number of nitrogens with zero attached hydrogens (tertiary/aromatic N) is 1. The smallest absolute Gasteiger partial charge is 0.257 e. The van der Waals surface area contributed by atoms with E-state index in [4.69, 9.17) is 4.74 Å². The number of likely N-dealkylation sites (tertiary alicyclic amines) is 1. The molecule has 104 valence electrons. The van der Waals surface area contributed by atoms with Gasteiger partial charge in [-0.25, -0.2) is 0 Å². The lowest BCUT2D eigenvalue weighted by atomic mass is 9.82. The molecule has 1 heterocycles. The highest BCUT2D eigenvalue weighted by atomic mass is 16.5. The van der Waals surface area contributed by atoms with Crippen molar-refractivity contribution < 1.29 is 14.6 Å². The Hall–Kier alpha value is -1.55. The van der Waals surface area contributed by atoms with Gasteiger partial charge in [-0.3, -0.25) is 4.79 Å². The Morgan fingerprint density at radius 3 is 2.63 bits per heavy atom. The van der Waals surface area contributed by atoms with Crippen molar-refractivity contribution in [1.82, 2.24) is 4.90 Å². The van der Waals surface area contributed by atoms with Crippen molar-refractivity contribution >= 4 is 5.91 Å². The van der Waals surface area contributed by atoms with Crippen LogP contribution in [-0.2, 0) is 0 Å². The Kier molecular flexibility index (Phi) is 3.80. The van der Waals surface area contributed by atoms with Crippen molar-refractivity contribution in [2.24, 2.45) is 5.92 Å². The second-order valence-electron chi connectivity index (χ2n) is 5.35. The summed E-state index contributed by atoms with van der Waals surface area (Å²) < 4.78 is 5.47. The molecule has 0 unspecified atom stereocenters. The van der Waals surface area contributed by atoms with Gasteiger partial charge in [0.25, 0.3) is 5.91 Å². The lowest BCUT2D eigenvalue weighted by molar-refractivity contribution is -0.110. The van der Waals surface area contributed by atoms with Crippen LogP contribution in [0.1, 0.15) is 31.1 Å². The second kappa shape index (κ2) is 5.21. The van der Waals surface area contributed by atoms with Crippen LogP contribution in [0.4, 0.5) is 0 Å². The molecule has 1 amide bonds. The number of β-amino-alcohol motifs (C(OH)–C–C–N with tert-alkyl or cyclic N) is 1. The third-order valence-electron chi connectivity index (χ3n) is 3.71. The average molecular weight is 263 g/mol. The maximum Gasteiger partial charge on any atom is 0.257 e. The molecule has 4 heteroatoms. The molecule has 0 saturated carbocycles. The van der Waals surface area contributed by atoms with Crippen LogP contribution in [0.15, 0.2) is 24.3 Å². The van der Waals surface area contributed by atoms with Crippen molar-refractivity contribution in [3.8, 4) is 5.75 Å². The summed E-state index contributed by atoms with van der Waals surface area (Å²) in [5, 5.41) is 10.2. The average Bonchev–Trinajstić information content (AvgIpc) is 2.35. The first-order valence-electron chi connectivity index (χ1n) is 6.71. The zero-order chi connectivity index (χ0) is 14.0. The van der Waals surface area contributed by atoms with Gasteiger partial charge >= 0.3 is 0 Å². The van der Waals surface area contributed by atoms with Gasteiger partial charge in [0.2, 0.25) is 0 Å². The Morgan fingerprint density at radius 2 is 2.05 bits per heavy atom. The van der Waals surface area contributed by atoms with Crippen molar-refractivity contribution in [2.45, 2.75) is 26.4 Å². The lowest BCUT2D eigenvalue weighted by Crippen LogP contribution is -2.65. The van der Waals surface area contributed by atoms with Gasteiger partial charge < -0.3 is 14.7 Å². The van der Waals surface area contributed by atoms with Crippen molar-refractivity contribution in [3.63, 3.8) is 0 Å². The standard InChI is InChI=1S/C15H21NO3/c1-4-19-13-8-6-5-7-12(13)14(17)16-9-15(18,10-16)11(2)3/h5-8,11,18H,4,9-10H2,1-3H3. The third-order valence-corrected chi connectivity index (χ3v) is 3.71. The summed E-state index contributed by atoms with van der Waals surface area (Å²) in [6, 6.07) is 7.23. The van der Waals surface area contributed by atoms with E-state index >= 15 is 0 Å². The highest BCUT2D eigenvalue weighted by Crippen LogP contribution is 2.31. The first-order valence-corrected chi connectivity index (χ1v) is 6.71.